The van der Waals surface area contributed by atoms with E-state index in [1.54, 1.807) is 18.5 Å². The van der Waals surface area contributed by atoms with Crippen LogP contribution in [-0.4, -0.2) is 95.9 Å². The largest absolute Gasteiger partial charge is 0.342 e. The van der Waals surface area contributed by atoms with Gasteiger partial charge >= 0.3 is 0 Å². The lowest BCUT2D eigenvalue weighted by atomic mass is 10.2. The van der Waals surface area contributed by atoms with Crippen molar-refractivity contribution in [3.63, 3.8) is 0 Å². The number of anilines is 1. The molecule has 1 fully saturated rings. The summed E-state index contributed by atoms with van der Waals surface area (Å²) in [6.07, 6.45) is 3.90. The molecule has 1 saturated heterocycles. The van der Waals surface area contributed by atoms with Gasteiger partial charge in [-0.3, -0.25) is 14.5 Å². The van der Waals surface area contributed by atoms with E-state index in [-0.39, 0.29) is 11.8 Å². The molecule has 1 aromatic rings. The summed E-state index contributed by atoms with van der Waals surface area (Å²) in [5.41, 5.74) is 0. The molecule has 144 valence electrons. The summed E-state index contributed by atoms with van der Waals surface area (Å²) in [6, 6.07) is 1.80. The quantitative estimate of drug-likeness (QED) is 0.663. The number of hydrogen-bond acceptors (Lipinski definition) is 6. The number of nitrogens with zero attached hydrogens (tertiary/aromatic N) is 6. The highest BCUT2D eigenvalue weighted by Crippen LogP contribution is 2.10. The standard InChI is InChI=1S/C18H30N6O2/c1-4-22(5-2)17(26)15-21(3)10-7-16(25)23-11-13-24(14-12-23)18-19-8-6-9-20-18/h6,8-9H,4-5,7,10-15H2,1-3H3. The monoisotopic (exact) mass is 362 g/mol. The highest BCUT2D eigenvalue weighted by molar-refractivity contribution is 5.79. The molecule has 0 N–H and O–H groups in total. The van der Waals surface area contributed by atoms with Crippen molar-refractivity contribution >= 4 is 17.8 Å². The fraction of sp³-hybridized carbons (Fsp3) is 0.667. The molecule has 1 aromatic heterocycles. The molecule has 0 bridgehead atoms. The number of rotatable bonds is 8. The Morgan fingerprint density at radius 3 is 2.27 bits per heavy atom. The molecule has 8 nitrogen and oxygen atoms in total. The van der Waals surface area contributed by atoms with Gasteiger partial charge in [0, 0.05) is 64.6 Å². The smallest absolute Gasteiger partial charge is 0.236 e. The first-order valence-electron chi connectivity index (χ1n) is 9.31. The van der Waals surface area contributed by atoms with Gasteiger partial charge in [-0.25, -0.2) is 9.97 Å². The summed E-state index contributed by atoms with van der Waals surface area (Å²) in [6.45, 7) is 9.18. The van der Waals surface area contributed by atoms with Crippen molar-refractivity contribution in [3.8, 4) is 0 Å². The lowest BCUT2D eigenvalue weighted by Gasteiger charge is -2.35. The Labute approximate surface area is 155 Å². The van der Waals surface area contributed by atoms with Crippen molar-refractivity contribution in [2.75, 3.05) is 64.3 Å². The fourth-order valence-corrected chi connectivity index (χ4v) is 3.04. The van der Waals surface area contributed by atoms with Crippen LogP contribution >= 0.6 is 0 Å². The van der Waals surface area contributed by atoms with Crippen molar-refractivity contribution in [2.24, 2.45) is 0 Å². The van der Waals surface area contributed by atoms with E-state index in [0.29, 0.717) is 38.5 Å². The number of likely N-dealkylation sites (N-methyl/N-ethyl adjacent to an activating group) is 2. The van der Waals surface area contributed by atoms with E-state index in [9.17, 15) is 9.59 Å². The van der Waals surface area contributed by atoms with E-state index in [1.165, 1.54) is 0 Å². The number of hydrogen-bond donors (Lipinski definition) is 0. The minimum atomic E-state index is 0.112. The molecule has 2 amide bonds. The third-order valence-corrected chi connectivity index (χ3v) is 4.70. The molecule has 0 atom stereocenters. The zero-order chi connectivity index (χ0) is 18.9. The highest BCUT2D eigenvalue weighted by Gasteiger charge is 2.22. The summed E-state index contributed by atoms with van der Waals surface area (Å²) in [5, 5.41) is 0. The van der Waals surface area contributed by atoms with Gasteiger partial charge in [0.15, 0.2) is 0 Å². The first-order valence-corrected chi connectivity index (χ1v) is 9.31. The number of amides is 2. The van der Waals surface area contributed by atoms with Gasteiger partial charge in [0.1, 0.15) is 0 Å². The van der Waals surface area contributed by atoms with E-state index in [1.807, 2.05) is 35.6 Å². The molecule has 0 spiro atoms. The van der Waals surface area contributed by atoms with Gasteiger partial charge in [-0.1, -0.05) is 0 Å². The Balaban J connectivity index is 1.71. The first-order chi connectivity index (χ1) is 12.5. The molecule has 26 heavy (non-hydrogen) atoms. The van der Waals surface area contributed by atoms with Crippen LogP contribution < -0.4 is 4.90 Å². The SMILES string of the molecule is CCN(CC)C(=O)CN(C)CCC(=O)N1CCN(c2ncccn2)CC1. The average molecular weight is 362 g/mol. The Morgan fingerprint density at radius 1 is 1.08 bits per heavy atom. The molecule has 0 unspecified atom stereocenters. The van der Waals surface area contributed by atoms with E-state index in [4.69, 9.17) is 0 Å². The van der Waals surface area contributed by atoms with E-state index in [0.717, 1.165) is 26.2 Å². The summed E-state index contributed by atoms with van der Waals surface area (Å²) < 4.78 is 0. The van der Waals surface area contributed by atoms with Gasteiger partial charge < -0.3 is 14.7 Å². The molecule has 8 heteroatoms. The minimum absolute atomic E-state index is 0.112. The molecule has 0 saturated carbocycles. The molecule has 2 rings (SSSR count). The summed E-state index contributed by atoms with van der Waals surface area (Å²) in [7, 11) is 1.89. The lowest BCUT2D eigenvalue weighted by molar-refractivity contribution is -0.134. The van der Waals surface area contributed by atoms with E-state index in [2.05, 4.69) is 14.9 Å². The third-order valence-electron chi connectivity index (χ3n) is 4.70. The van der Waals surface area contributed by atoms with Gasteiger partial charge in [0.05, 0.1) is 6.54 Å². The van der Waals surface area contributed by atoms with Crippen molar-refractivity contribution in [3.05, 3.63) is 18.5 Å². The molecule has 2 heterocycles. The second-order valence-corrected chi connectivity index (χ2v) is 6.47. The maximum absolute atomic E-state index is 12.4. The number of carbonyl (C=O) groups is 2. The van der Waals surface area contributed by atoms with Crippen molar-refractivity contribution in [2.45, 2.75) is 20.3 Å². The predicted molar refractivity (Wildman–Crippen MR) is 101 cm³/mol. The van der Waals surface area contributed by atoms with Crippen LogP contribution in [0.5, 0.6) is 0 Å². The molecule has 0 aromatic carbocycles. The molecule has 1 aliphatic heterocycles. The zero-order valence-electron chi connectivity index (χ0n) is 16.1. The third kappa shape index (κ3) is 5.66. The Kier molecular flexibility index (Phi) is 7.77. The zero-order valence-corrected chi connectivity index (χ0v) is 16.1. The first kappa shape index (κ1) is 20.1. The molecular formula is C18H30N6O2. The number of aromatic nitrogens is 2. The van der Waals surface area contributed by atoms with Crippen LogP contribution in [0.25, 0.3) is 0 Å². The molecular weight excluding hydrogens is 332 g/mol. The van der Waals surface area contributed by atoms with Crippen LogP contribution in [0, 0.1) is 0 Å². The van der Waals surface area contributed by atoms with Crippen molar-refractivity contribution in [1.82, 2.24) is 24.7 Å². The summed E-state index contributed by atoms with van der Waals surface area (Å²) in [4.78, 5) is 40.8. The van der Waals surface area contributed by atoms with Crippen LogP contribution in [0.4, 0.5) is 5.95 Å². The van der Waals surface area contributed by atoms with Crippen LogP contribution in [-0.2, 0) is 9.59 Å². The normalized spacial score (nSPS) is 14.6. The van der Waals surface area contributed by atoms with Crippen LogP contribution in [0.1, 0.15) is 20.3 Å². The van der Waals surface area contributed by atoms with Gasteiger partial charge in [-0.2, -0.15) is 0 Å². The summed E-state index contributed by atoms with van der Waals surface area (Å²) >= 11 is 0. The van der Waals surface area contributed by atoms with Crippen molar-refractivity contribution in [1.29, 1.82) is 0 Å². The molecule has 1 aliphatic rings. The van der Waals surface area contributed by atoms with Gasteiger partial charge in [0.2, 0.25) is 17.8 Å². The maximum Gasteiger partial charge on any atom is 0.236 e. The van der Waals surface area contributed by atoms with E-state index < -0.39 is 0 Å². The van der Waals surface area contributed by atoms with Gasteiger partial charge in [-0.05, 0) is 27.0 Å². The Morgan fingerprint density at radius 2 is 1.69 bits per heavy atom. The highest BCUT2D eigenvalue weighted by atomic mass is 16.2. The maximum atomic E-state index is 12.4. The Hall–Kier alpha value is -2.22. The van der Waals surface area contributed by atoms with Gasteiger partial charge in [-0.15, -0.1) is 0 Å². The molecule has 0 radical (unpaired) electrons. The van der Waals surface area contributed by atoms with E-state index >= 15 is 0 Å². The topological polar surface area (TPSA) is 72.9 Å². The van der Waals surface area contributed by atoms with Crippen molar-refractivity contribution < 1.29 is 9.59 Å². The Bertz CT molecular complexity index is 570. The lowest BCUT2D eigenvalue weighted by Crippen LogP contribution is -2.49. The van der Waals surface area contributed by atoms with Gasteiger partial charge in [0.25, 0.3) is 0 Å². The molecule has 0 aliphatic carbocycles. The number of carbonyl (C=O) groups excluding carboxylic acids is 2. The van der Waals surface area contributed by atoms with Crippen LogP contribution in [0.3, 0.4) is 0 Å². The fourth-order valence-electron chi connectivity index (χ4n) is 3.04. The summed E-state index contributed by atoms with van der Waals surface area (Å²) in [5.74, 6) is 0.969. The van der Waals surface area contributed by atoms with Crippen LogP contribution in [0.2, 0.25) is 0 Å². The van der Waals surface area contributed by atoms with Crippen LogP contribution in [0.15, 0.2) is 18.5 Å². The average Bonchev–Trinajstić information content (AvgIpc) is 2.68. The second kappa shape index (κ2) is 10.1. The number of piperazine rings is 1. The predicted octanol–water partition coefficient (Wildman–Crippen LogP) is 0.316. The second-order valence-electron chi connectivity index (χ2n) is 6.47. The minimum Gasteiger partial charge on any atom is -0.342 e.